The summed E-state index contributed by atoms with van der Waals surface area (Å²) in [5, 5.41) is 0. The summed E-state index contributed by atoms with van der Waals surface area (Å²) < 4.78 is 10.2. The van der Waals surface area contributed by atoms with Crippen LogP contribution in [-0.2, 0) is 5.91 Å². The van der Waals surface area contributed by atoms with Crippen molar-refractivity contribution in [3.8, 4) is 0 Å². The van der Waals surface area contributed by atoms with E-state index in [1.54, 1.807) is 0 Å². The molecule has 0 aliphatic carbocycles. The van der Waals surface area contributed by atoms with Gasteiger partial charge in [0.05, 0.1) is 0 Å². The van der Waals surface area contributed by atoms with Crippen LogP contribution in [0.15, 0.2) is 24.3 Å². The van der Waals surface area contributed by atoms with Crippen LogP contribution in [0, 0.1) is 13.8 Å². The molecule has 1 spiro atoms. The van der Waals surface area contributed by atoms with E-state index in [0.717, 1.165) is 13.1 Å². The zero-order valence-electron chi connectivity index (χ0n) is 14.0. The van der Waals surface area contributed by atoms with Crippen molar-refractivity contribution in [2.75, 3.05) is 13.1 Å². The van der Waals surface area contributed by atoms with Gasteiger partial charge in [0, 0.05) is 24.2 Å². The topological polar surface area (TPSA) is 15.9 Å². The van der Waals surface area contributed by atoms with Gasteiger partial charge in [0.2, 0.25) is 0 Å². The molecule has 0 saturated carbocycles. The van der Waals surface area contributed by atoms with E-state index in [4.69, 9.17) is 0 Å². The third-order valence-electron chi connectivity index (χ3n) is 5.71. The van der Waals surface area contributed by atoms with Gasteiger partial charge in [0.25, 0.3) is 0 Å². The van der Waals surface area contributed by atoms with E-state index >= 15 is 0 Å². The van der Waals surface area contributed by atoms with Gasteiger partial charge in [-0.05, 0) is 51.0 Å². The molecular weight excluding hydrogens is 284 g/mol. The summed E-state index contributed by atoms with van der Waals surface area (Å²) in [7, 11) is 0. The van der Waals surface area contributed by atoms with E-state index in [-0.39, 0.29) is 5.91 Å². The molecule has 0 aromatic carbocycles. The molecule has 3 aliphatic heterocycles. The second kappa shape index (κ2) is 4.47. The Kier molecular flexibility index (Phi) is 2.59. The number of fused-ring (bicyclic) bond motifs is 2. The lowest BCUT2D eigenvalue weighted by Gasteiger charge is -2.25. The molecule has 0 amide bonds. The lowest BCUT2D eigenvalue weighted by atomic mass is 10.2. The van der Waals surface area contributed by atoms with E-state index in [2.05, 4.69) is 68.8 Å². The van der Waals surface area contributed by atoms with Crippen molar-refractivity contribution in [2.45, 2.75) is 45.4 Å². The summed E-state index contributed by atoms with van der Waals surface area (Å²) in [4.78, 5) is 0. The van der Waals surface area contributed by atoms with Gasteiger partial charge in [-0.15, -0.1) is 9.15 Å². The Bertz CT molecular complexity index is 790. The van der Waals surface area contributed by atoms with Gasteiger partial charge in [-0.3, -0.25) is 0 Å². The first-order valence-corrected chi connectivity index (χ1v) is 8.84. The normalized spacial score (nSPS) is 21.3. The molecule has 4 nitrogen and oxygen atoms in total. The molecule has 0 N–H and O–H groups in total. The summed E-state index contributed by atoms with van der Waals surface area (Å²) in [5.41, 5.74) is 5.31. The smallest absolute Gasteiger partial charge is 0.199 e. The maximum atomic E-state index is 2.57. The fourth-order valence-electron chi connectivity index (χ4n) is 4.76. The Morgan fingerprint density at radius 2 is 1.22 bits per heavy atom. The van der Waals surface area contributed by atoms with Crippen molar-refractivity contribution >= 4 is 12.4 Å². The monoisotopic (exact) mass is 308 g/mol. The predicted molar refractivity (Wildman–Crippen MR) is 90.8 cm³/mol. The van der Waals surface area contributed by atoms with Gasteiger partial charge in [0.1, 0.15) is 11.4 Å². The summed E-state index contributed by atoms with van der Waals surface area (Å²) in [6, 6.07) is 9.02. The van der Waals surface area contributed by atoms with Gasteiger partial charge in [-0.25, -0.2) is 0 Å². The number of aromatic nitrogens is 2. The van der Waals surface area contributed by atoms with Crippen LogP contribution in [0.1, 0.15) is 48.5 Å². The van der Waals surface area contributed by atoms with E-state index in [0.29, 0.717) is 0 Å². The molecule has 0 bridgehead atoms. The molecule has 0 unspecified atom stereocenters. The van der Waals surface area contributed by atoms with Crippen LogP contribution in [0.25, 0.3) is 0 Å². The third kappa shape index (κ3) is 1.51. The Balaban J connectivity index is 1.86. The third-order valence-corrected chi connectivity index (χ3v) is 5.71. The van der Waals surface area contributed by atoms with Crippen molar-refractivity contribution in [3.63, 3.8) is 0 Å². The molecule has 2 aromatic rings. The number of aryl methyl sites for hydroxylation is 2. The minimum absolute atomic E-state index is 0.240. The van der Waals surface area contributed by atoms with E-state index in [9.17, 15) is 0 Å². The lowest BCUT2D eigenvalue weighted by Crippen LogP contribution is -2.55. The Labute approximate surface area is 137 Å². The van der Waals surface area contributed by atoms with Crippen molar-refractivity contribution in [2.24, 2.45) is 0 Å². The standard InChI is InChI=1S/C19H24N4/c1-15-7-9-17-13-20-11-5-3-4-6-12-21-14-18-10-8-16(2)23(18)19(20,21)22(15)17/h7-10,13-14H,3-6,11-12H2,1-2H3/q+2. The first-order valence-electron chi connectivity index (χ1n) is 8.84. The second-order valence-corrected chi connectivity index (χ2v) is 7.13. The van der Waals surface area contributed by atoms with E-state index in [1.165, 1.54) is 48.5 Å². The SMILES string of the molecule is Cc1ccc2n1C13n4c(C)ccc4C=[N+]1CCCCCC[N+]3=C2. The molecule has 1 fully saturated rings. The van der Waals surface area contributed by atoms with Crippen molar-refractivity contribution in [3.05, 3.63) is 47.0 Å². The second-order valence-electron chi connectivity index (χ2n) is 7.13. The summed E-state index contributed by atoms with van der Waals surface area (Å²) in [6.07, 6.45) is 9.94. The van der Waals surface area contributed by atoms with Gasteiger partial charge in [-0.2, -0.15) is 9.13 Å². The Morgan fingerprint density at radius 3 is 1.70 bits per heavy atom. The number of hydrogen-bond acceptors (Lipinski definition) is 0. The first kappa shape index (κ1) is 13.3. The average molecular weight is 308 g/mol. The Morgan fingerprint density at radius 1 is 0.739 bits per heavy atom. The highest BCUT2D eigenvalue weighted by Gasteiger charge is 2.64. The summed E-state index contributed by atoms with van der Waals surface area (Å²) in [5.74, 6) is -0.240. The molecular formula is C19H24N4+2. The molecule has 3 aliphatic rings. The van der Waals surface area contributed by atoms with Crippen LogP contribution in [-0.4, -0.2) is 43.8 Å². The number of nitrogens with zero attached hydrogens (tertiary/aromatic N) is 4. The zero-order valence-corrected chi connectivity index (χ0v) is 14.0. The highest BCUT2D eigenvalue weighted by Crippen LogP contribution is 2.37. The molecule has 1 saturated heterocycles. The van der Waals surface area contributed by atoms with Gasteiger partial charge < -0.3 is 0 Å². The molecule has 118 valence electrons. The van der Waals surface area contributed by atoms with Crippen LogP contribution < -0.4 is 0 Å². The van der Waals surface area contributed by atoms with Crippen molar-refractivity contribution in [1.82, 2.24) is 9.13 Å². The molecule has 4 heteroatoms. The predicted octanol–water partition coefficient (Wildman–Crippen LogP) is 2.49. The fraction of sp³-hybridized carbons (Fsp3) is 0.474. The number of hydrogen-bond donors (Lipinski definition) is 0. The molecule has 5 rings (SSSR count). The maximum absolute atomic E-state index is 2.57. The summed E-state index contributed by atoms with van der Waals surface area (Å²) in [6.45, 7) is 6.69. The van der Waals surface area contributed by atoms with Crippen LogP contribution >= 0.6 is 0 Å². The van der Waals surface area contributed by atoms with Gasteiger partial charge >= 0.3 is 5.91 Å². The maximum Gasteiger partial charge on any atom is 0.541 e. The van der Waals surface area contributed by atoms with Crippen LogP contribution in [0.5, 0.6) is 0 Å². The largest absolute Gasteiger partial charge is 0.541 e. The van der Waals surface area contributed by atoms with Crippen LogP contribution in [0.2, 0.25) is 0 Å². The zero-order chi connectivity index (χ0) is 15.6. The minimum atomic E-state index is -0.240. The quantitative estimate of drug-likeness (QED) is 0.665. The molecule has 23 heavy (non-hydrogen) atoms. The van der Waals surface area contributed by atoms with Crippen LogP contribution in [0.4, 0.5) is 0 Å². The first-order chi connectivity index (χ1) is 11.2. The summed E-state index contributed by atoms with van der Waals surface area (Å²) >= 11 is 0. The number of rotatable bonds is 0. The molecule has 0 radical (unpaired) electrons. The minimum Gasteiger partial charge on any atom is -0.199 e. The van der Waals surface area contributed by atoms with E-state index in [1.807, 2.05) is 0 Å². The molecule has 2 aromatic heterocycles. The molecule has 5 heterocycles. The highest BCUT2D eigenvalue weighted by atomic mass is 15.6. The Hall–Kier alpha value is -2.10. The highest BCUT2D eigenvalue weighted by molar-refractivity contribution is 5.78. The van der Waals surface area contributed by atoms with Gasteiger partial charge in [-0.1, -0.05) is 0 Å². The molecule has 0 atom stereocenters. The average Bonchev–Trinajstić information content (AvgIpc) is 3.22. The van der Waals surface area contributed by atoms with Crippen molar-refractivity contribution in [1.29, 1.82) is 0 Å². The van der Waals surface area contributed by atoms with Crippen molar-refractivity contribution < 1.29 is 9.15 Å². The van der Waals surface area contributed by atoms with E-state index < -0.39 is 0 Å². The fourth-order valence-corrected chi connectivity index (χ4v) is 4.76. The van der Waals surface area contributed by atoms with Gasteiger partial charge in [0.15, 0.2) is 25.5 Å². The lowest BCUT2D eigenvalue weighted by molar-refractivity contribution is -0.858. The van der Waals surface area contributed by atoms with Crippen LogP contribution in [0.3, 0.4) is 0 Å².